The lowest BCUT2D eigenvalue weighted by molar-refractivity contribution is -0.121. The summed E-state index contributed by atoms with van der Waals surface area (Å²) in [6.07, 6.45) is 1.52. The number of methoxy groups -OCH3 is 1. The highest BCUT2D eigenvalue weighted by molar-refractivity contribution is 5.76. The molecule has 0 aliphatic rings. The minimum Gasteiger partial charge on any atom is -0.383 e. The molecule has 0 radical (unpaired) electrons. The highest BCUT2D eigenvalue weighted by Gasteiger charge is 2.20. The van der Waals surface area contributed by atoms with E-state index >= 15 is 0 Å². The summed E-state index contributed by atoms with van der Waals surface area (Å²) in [7, 11) is 1.57. The monoisotopic (exact) mass is 475 g/mol. The van der Waals surface area contributed by atoms with E-state index in [1.54, 1.807) is 11.7 Å². The number of imidazole rings is 1. The third-order valence-electron chi connectivity index (χ3n) is 5.98. The number of hydrogen-bond donors (Lipinski definition) is 1. The van der Waals surface area contributed by atoms with Crippen molar-refractivity contribution in [3.05, 3.63) is 98.0 Å². The van der Waals surface area contributed by atoms with Crippen molar-refractivity contribution in [2.45, 2.75) is 40.0 Å². The van der Waals surface area contributed by atoms with Gasteiger partial charge in [-0.15, -0.1) is 0 Å². The molecule has 35 heavy (non-hydrogen) atoms. The molecule has 9 heteroatoms. The molecule has 0 saturated carbocycles. The maximum atomic E-state index is 13.4. The van der Waals surface area contributed by atoms with Crippen molar-refractivity contribution >= 4 is 17.1 Å². The summed E-state index contributed by atoms with van der Waals surface area (Å²) in [4.78, 5) is 43.9. The number of ether oxygens (including phenoxy) is 1. The van der Waals surface area contributed by atoms with E-state index in [9.17, 15) is 14.4 Å². The molecule has 0 atom stereocenters. The van der Waals surface area contributed by atoms with E-state index in [2.05, 4.69) is 10.3 Å². The SMILES string of the molecule is COCCn1cnc2c1c(=O)n(CC(=O)NCc1ccc(C)cc1C)c(=O)n2Cc1ccccc1. The van der Waals surface area contributed by atoms with E-state index < -0.39 is 17.2 Å². The first-order chi connectivity index (χ1) is 16.9. The van der Waals surface area contributed by atoms with Crippen molar-refractivity contribution < 1.29 is 9.53 Å². The highest BCUT2D eigenvalue weighted by Crippen LogP contribution is 2.11. The van der Waals surface area contributed by atoms with E-state index in [1.165, 1.54) is 10.9 Å². The summed E-state index contributed by atoms with van der Waals surface area (Å²) < 4.78 is 9.23. The summed E-state index contributed by atoms with van der Waals surface area (Å²) in [6.45, 7) is 4.91. The van der Waals surface area contributed by atoms with Crippen LogP contribution in [-0.4, -0.2) is 38.3 Å². The van der Waals surface area contributed by atoms with Crippen molar-refractivity contribution in [1.82, 2.24) is 24.0 Å². The lowest BCUT2D eigenvalue weighted by Gasteiger charge is -2.13. The topological polar surface area (TPSA) is 100 Å². The van der Waals surface area contributed by atoms with E-state index in [0.717, 1.165) is 26.8 Å². The largest absolute Gasteiger partial charge is 0.383 e. The third kappa shape index (κ3) is 5.25. The summed E-state index contributed by atoms with van der Waals surface area (Å²) >= 11 is 0. The Kier molecular flexibility index (Phi) is 7.26. The normalized spacial score (nSPS) is 11.2. The number of rotatable bonds is 9. The fourth-order valence-electron chi connectivity index (χ4n) is 4.08. The van der Waals surface area contributed by atoms with Crippen LogP contribution < -0.4 is 16.6 Å². The van der Waals surface area contributed by atoms with Crippen molar-refractivity contribution in [2.75, 3.05) is 13.7 Å². The molecule has 9 nitrogen and oxygen atoms in total. The molecule has 2 aromatic carbocycles. The number of carbonyl (C=O) groups is 1. The molecule has 4 rings (SSSR count). The molecule has 0 saturated heterocycles. The van der Waals surface area contributed by atoms with Gasteiger partial charge in [-0.1, -0.05) is 54.1 Å². The maximum Gasteiger partial charge on any atom is 0.333 e. The van der Waals surface area contributed by atoms with Gasteiger partial charge in [0, 0.05) is 20.2 Å². The predicted molar refractivity (Wildman–Crippen MR) is 133 cm³/mol. The molecule has 0 aliphatic carbocycles. The molecule has 0 fully saturated rings. The Balaban J connectivity index is 1.69. The van der Waals surface area contributed by atoms with E-state index in [0.29, 0.717) is 19.7 Å². The third-order valence-corrected chi connectivity index (χ3v) is 5.98. The molecule has 1 N–H and O–H groups in total. The van der Waals surface area contributed by atoms with Gasteiger partial charge in [-0.3, -0.25) is 14.2 Å². The van der Waals surface area contributed by atoms with Gasteiger partial charge in [0.25, 0.3) is 5.56 Å². The maximum absolute atomic E-state index is 13.4. The van der Waals surface area contributed by atoms with Crippen LogP contribution in [0.2, 0.25) is 0 Å². The molecule has 2 heterocycles. The fraction of sp³-hybridized carbons (Fsp3) is 0.308. The number of carbonyl (C=O) groups excluding carboxylic acids is 1. The molecular formula is C26H29N5O4. The number of aromatic nitrogens is 4. The Morgan fingerprint density at radius 3 is 2.54 bits per heavy atom. The smallest absolute Gasteiger partial charge is 0.333 e. The minimum atomic E-state index is -0.579. The van der Waals surface area contributed by atoms with Crippen LogP contribution in [0.25, 0.3) is 11.2 Å². The number of amides is 1. The van der Waals surface area contributed by atoms with Crippen molar-refractivity contribution in [3.63, 3.8) is 0 Å². The van der Waals surface area contributed by atoms with Gasteiger partial charge in [0.05, 0.1) is 19.5 Å². The molecule has 182 valence electrons. The summed E-state index contributed by atoms with van der Waals surface area (Å²) in [5, 5.41) is 2.83. The Morgan fingerprint density at radius 1 is 1.06 bits per heavy atom. The van der Waals surface area contributed by atoms with Crippen molar-refractivity contribution in [1.29, 1.82) is 0 Å². The number of benzene rings is 2. The van der Waals surface area contributed by atoms with Gasteiger partial charge in [-0.2, -0.15) is 0 Å². The van der Waals surface area contributed by atoms with Crippen LogP contribution >= 0.6 is 0 Å². The van der Waals surface area contributed by atoms with Gasteiger partial charge >= 0.3 is 5.69 Å². The predicted octanol–water partition coefficient (Wildman–Crippen LogP) is 1.99. The van der Waals surface area contributed by atoms with Crippen molar-refractivity contribution in [3.8, 4) is 0 Å². The zero-order chi connectivity index (χ0) is 24.9. The first-order valence-electron chi connectivity index (χ1n) is 11.4. The summed E-state index contributed by atoms with van der Waals surface area (Å²) in [5.74, 6) is -0.419. The molecular weight excluding hydrogens is 446 g/mol. The summed E-state index contributed by atoms with van der Waals surface area (Å²) in [5.41, 5.74) is 3.48. The Bertz CT molecular complexity index is 1470. The zero-order valence-corrected chi connectivity index (χ0v) is 20.2. The Morgan fingerprint density at radius 2 is 1.83 bits per heavy atom. The molecule has 0 unspecified atom stereocenters. The average Bonchev–Trinajstić information content (AvgIpc) is 3.27. The molecule has 2 aromatic heterocycles. The Labute approximate surface area is 202 Å². The van der Waals surface area contributed by atoms with Crippen LogP contribution in [0.1, 0.15) is 22.3 Å². The fourth-order valence-corrected chi connectivity index (χ4v) is 4.08. The van der Waals surface area contributed by atoms with E-state index in [-0.39, 0.29) is 24.3 Å². The lowest BCUT2D eigenvalue weighted by Crippen LogP contribution is -2.44. The van der Waals surface area contributed by atoms with Gasteiger partial charge in [0.2, 0.25) is 5.91 Å². The molecule has 0 bridgehead atoms. The number of fused-ring (bicyclic) bond motifs is 1. The van der Waals surface area contributed by atoms with Crippen LogP contribution in [0.4, 0.5) is 0 Å². The minimum absolute atomic E-state index is 0.224. The summed E-state index contributed by atoms with van der Waals surface area (Å²) in [6, 6.07) is 15.4. The first-order valence-corrected chi connectivity index (χ1v) is 11.4. The second-order valence-corrected chi connectivity index (χ2v) is 8.56. The Hall–Kier alpha value is -3.98. The van der Waals surface area contributed by atoms with Gasteiger partial charge in [-0.05, 0) is 30.5 Å². The van der Waals surface area contributed by atoms with Gasteiger partial charge in [-0.25, -0.2) is 14.3 Å². The van der Waals surface area contributed by atoms with Gasteiger partial charge in [0.15, 0.2) is 11.2 Å². The van der Waals surface area contributed by atoms with E-state index in [4.69, 9.17) is 4.74 Å². The lowest BCUT2D eigenvalue weighted by atomic mass is 10.1. The second kappa shape index (κ2) is 10.5. The van der Waals surface area contributed by atoms with E-state index in [1.807, 2.05) is 62.4 Å². The molecule has 1 amide bonds. The van der Waals surface area contributed by atoms with Crippen LogP contribution in [0.5, 0.6) is 0 Å². The highest BCUT2D eigenvalue weighted by atomic mass is 16.5. The second-order valence-electron chi connectivity index (χ2n) is 8.56. The average molecular weight is 476 g/mol. The quantitative estimate of drug-likeness (QED) is 0.399. The molecule has 0 aliphatic heterocycles. The standard InChI is InChI=1S/C26H29N5O4/c1-18-9-10-21(19(2)13-18)14-27-22(32)16-31-25(33)23-24(28-17-29(23)11-12-35-3)30(26(31)34)15-20-7-5-4-6-8-20/h4-10,13,17H,11-12,14-16H2,1-3H3,(H,27,32). The molecule has 0 spiro atoms. The van der Waals surface area contributed by atoms with Crippen molar-refractivity contribution in [2.24, 2.45) is 0 Å². The van der Waals surface area contributed by atoms with Crippen LogP contribution in [0.15, 0.2) is 64.4 Å². The number of nitrogens with one attached hydrogen (secondary N) is 1. The van der Waals surface area contributed by atoms with Crippen LogP contribution in [-0.2, 0) is 35.7 Å². The zero-order valence-electron chi connectivity index (χ0n) is 20.2. The van der Waals surface area contributed by atoms with Crippen LogP contribution in [0.3, 0.4) is 0 Å². The van der Waals surface area contributed by atoms with Gasteiger partial charge in [0.1, 0.15) is 6.54 Å². The molecule has 4 aromatic rings. The van der Waals surface area contributed by atoms with Crippen LogP contribution in [0, 0.1) is 13.8 Å². The number of hydrogen-bond acceptors (Lipinski definition) is 5. The van der Waals surface area contributed by atoms with Gasteiger partial charge < -0.3 is 14.6 Å². The number of nitrogens with zero attached hydrogens (tertiary/aromatic N) is 4. The number of aryl methyl sites for hydroxylation is 2. The first kappa shape index (κ1) is 24.2.